The van der Waals surface area contributed by atoms with Gasteiger partial charge >= 0.3 is 0 Å². The first-order valence-corrected chi connectivity index (χ1v) is 8.29. The van der Waals surface area contributed by atoms with Gasteiger partial charge in [-0.25, -0.2) is 0 Å². The Morgan fingerprint density at radius 3 is 2.08 bits per heavy atom. The molecule has 8 heteroatoms. The molecule has 2 atom stereocenters. The van der Waals surface area contributed by atoms with Gasteiger partial charge in [-0.15, -0.1) is 0 Å². The van der Waals surface area contributed by atoms with E-state index >= 15 is 0 Å². The molecular formula is C16H32N6O2. The summed E-state index contributed by atoms with van der Waals surface area (Å²) in [4.78, 5) is 12.2. The van der Waals surface area contributed by atoms with Gasteiger partial charge in [0.05, 0.1) is 6.10 Å². The summed E-state index contributed by atoms with van der Waals surface area (Å²) in [7, 11) is 0. The molecule has 0 aliphatic carbocycles. The van der Waals surface area contributed by atoms with Gasteiger partial charge in [-0.1, -0.05) is 20.8 Å². The molecule has 1 aromatic rings. The topological polar surface area (TPSA) is 129 Å². The minimum atomic E-state index is -0.818. The molecule has 0 aliphatic rings. The number of nitrogen functional groups attached to an aromatic ring is 1. The van der Waals surface area contributed by atoms with Crippen LogP contribution in [-0.2, 0) is 0 Å². The van der Waals surface area contributed by atoms with Crippen LogP contribution < -0.4 is 16.4 Å². The van der Waals surface area contributed by atoms with Crippen molar-refractivity contribution in [2.75, 3.05) is 16.4 Å². The summed E-state index contributed by atoms with van der Waals surface area (Å²) in [6, 6.07) is 0. The molecule has 0 amide bonds. The van der Waals surface area contributed by atoms with Crippen LogP contribution in [0, 0.1) is 5.41 Å². The number of aromatic nitrogens is 3. The van der Waals surface area contributed by atoms with E-state index in [9.17, 15) is 10.2 Å². The van der Waals surface area contributed by atoms with Crippen molar-refractivity contribution in [3.8, 4) is 0 Å². The van der Waals surface area contributed by atoms with E-state index in [1.807, 2.05) is 41.5 Å². The van der Waals surface area contributed by atoms with Crippen LogP contribution in [0.1, 0.15) is 60.8 Å². The number of nitrogens with zero attached hydrogens (tertiary/aromatic N) is 3. The van der Waals surface area contributed by atoms with Crippen molar-refractivity contribution in [3.05, 3.63) is 0 Å². The zero-order chi connectivity index (χ0) is 18.5. The lowest BCUT2D eigenvalue weighted by Crippen LogP contribution is -2.29. The zero-order valence-electron chi connectivity index (χ0n) is 15.6. The van der Waals surface area contributed by atoms with Crippen molar-refractivity contribution >= 4 is 17.8 Å². The fourth-order valence-corrected chi connectivity index (χ4v) is 2.01. The molecule has 0 saturated heterocycles. The first-order valence-electron chi connectivity index (χ1n) is 8.29. The lowest BCUT2D eigenvalue weighted by atomic mass is 9.86. The van der Waals surface area contributed by atoms with Crippen LogP contribution in [0.3, 0.4) is 0 Å². The van der Waals surface area contributed by atoms with Crippen LogP contribution in [0.2, 0.25) is 0 Å². The Hall–Kier alpha value is -1.67. The minimum Gasteiger partial charge on any atom is -0.393 e. The van der Waals surface area contributed by atoms with Gasteiger partial charge in [0, 0.05) is 5.54 Å². The summed E-state index contributed by atoms with van der Waals surface area (Å²) in [6.45, 7) is 11.9. The molecule has 0 spiro atoms. The summed E-state index contributed by atoms with van der Waals surface area (Å²) in [6.07, 6.45) is 0.556. The zero-order valence-corrected chi connectivity index (χ0v) is 15.6. The van der Waals surface area contributed by atoms with E-state index in [-0.39, 0.29) is 22.9 Å². The van der Waals surface area contributed by atoms with Gasteiger partial charge in [0.2, 0.25) is 17.8 Å². The maximum absolute atomic E-state index is 10.1. The highest BCUT2D eigenvalue weighted by molar-refractivity contribution is 5.41. The predicted molar refractivity (Wildman–Crippen MR) is 96.6 cm³/mol. The summed E-state index contributed by atoms with van der Waals surface area (Å²) in [5, 5.41) is 26.0. The molecule has 1 heterocycles. The lowest BCUT2D eigenvalue weighted by Gasteiger charge is -2.26. The predicted octanol–water partition coefficient (Wildman–Crippen LogP) is 1.97. The monoisotopic (exact) mass is 340 g/mol. The Morgan fingerprint density at radius 1 is 0.958 bits per heavy atom. The molecule has 1 aromatic heterocycles. The molecule has 8 nitrogen and oxygen atoms in total. The van der Waals surface area contributed by atoms with E-state index in [1.54, 1.807) is 0 Å². The number of hydrogen-bond donors (Lipinski definition) is 5. The first kappa shape index (κ1) is 20.4. The van der Waals surface area contributed by atoms with Gasteiger partial charge in [-0.05, 0) is 45.4 Å². The van der Waals surface area contributed by atoms with Crippen molar-refractivity contribution in [3.63, 3.8) is 0 Å². The number of aliphatic hydroxyl groups is 2. The molecule has 24 heavy (non-hydrogen) atoms. The molecule has 2 unspecified atom stereocenters. The lowest BCUT2D eigenvalue weighted by molar-refractivity contribution is 0.0502. The standard InChI is InChI=1S/C16H32N6O2/c1-15(2,3)10(23)8-7-9-11(24)18-13-19-12(17)20-14(21-13)22-16(4,5)6/h10-11,23-24H,7-9H2,1-6H3,(H4,17,18,19,20,21,22). The number of aliphatic hydroxyl groups excluding tert-OH is 2. The van der Waals surface area contributed by atoms with Crippen LogP contribution in [0.4, 0.5) is 17.8 Å². The summed E-state index contributed by atoms with van der Waals surface area (Å²) >= 11 is 0. The molecule has 0 fully saturated rings. The fraction of sp³-hybridized carbons (Fsp3) is 0.812. The second kappa shape index (κ2) is 7.94. The molecular weight excluding hydrogens is 308 g/mol. The SMILES string of the molecule is CC(C)(C)Nc1nc(N)nc(NC(O)CCCC(O)C(C)(C)C)n1. The molecule has 138 valence electrons. The van der Waals surface area contributed by atoms with Crippen molar-refractivity contribution in [2.45, 2.75) is 78.7 Å². The largest absolute Gasteiger partial charge is 0.393 e. The average Bonchev–Trinajstić information content (AvgIpc) is 2.34. The Labute approximate surface area is 144 Å². The third-order valence-electron chi connectivity index (χ3n) is 3.39. The third-order valence-corrected chi connectivity index (χ3v) is 3.39. The average molecular weight is 340 g/mol. The molecule has 0 radical (unpaired) electrons. The van der Waals surface area contributed by atoms with E-state index in [0.717, 1.165) is 0 Å². The number of nitrogens with two attached hydrogens (primary N) is 1. The summed E-state index contributed by atoms with van der Waals surface area (Å²) in [5.41, 5.74) is 5.31. The van der Waals surface area contributed by atoms with E-state index in [1.165, 1.54) is 0 Å². The third kappa shape index (κ3) is 7.74. The van der Waals surface area contributed by atoms with Gasteiger partial charge in [0.25, 0.3) is 0 Å². The highest BCUT2D eigenvalue weighted by Gasteiger charge is 2.22. The van der Waals surface area contributed by atoms with Crippen molar-refractivity contribution in [1.29, 1.82) is 0 Å². The maximum atomic E-state index is 10.1. The smallest absolute Gasteiger partial charge is 0.231 e. The van der Waals surface area contributed by atoms with Crippen molar-refractivity contribution in [2.24, 2.45) is 5.41 Å². The van der Waals surface area contributed by atoms with Crippen LogP contribution in [-0.4, -0.2) is 43.0 Å². The molecule has 6 N–H and O–H groups in total. The molecule has 0 saturated carbocycles. The Balaban J connectivity index is 2.56. The minimum absolute atomic E-state index is 0.0783. The normalized spacial score (nSPS) is 15.0. The highest BCUT2D eigenvalue weighted by atomic mass is 16.3. The van der Waals surface area contributed by atoms with Crippen LogP contribution in [0.5, 0.6) is 0 Å². The molecule has 0 aliphatic heterocycles. The maximum Gasteiger partial charge on any atom is 0.231 e. The number of hydrogen-bond acceptors (Lipinski definition) is 8. The highest BCUT2D eigenvalue weighted by Crippen LogP contribution is 2.23. The van der Waals surface area contributed by atoms with Gasteiger partial charge in [-0.3, -0.25) is 0 Å². The van der Waals surface area contributed by atoms with E-state index < -0.39 is 12.3 Å². The molecule has 1 rings (SSSR count). The number of nitrogens with one attached hydrogen (secondary N) is 2. The fourth-order valence-electron chi connectivity index (χ4n) is 2.01. The van der Waals surface area contributed by atoms with Crippen LogP contribution >= 0.6 is 0 Å². The Bertz CT molecular complexity index is 524. The van der Waals surface area contributed by atoms with Crippen LogP contribution in [0.15, 0.2) is 0 Å². The molecule has 0 bridgehead atoms. The van der Waals surface area contributed by atoms with Crippen molar-refractivity contribution in [1.82, 2.24) is 15.0 Å². The first-order chi connectivity index (χ1) is 10.9. The second-order valence-electron chi connectivity index (χ2n) is 8.19. The summed E-state index contributed by atoms with van der Waals surface area (Å²) < 4.78 is 0. The van der Waals surface area contributed by atoms with Crippen molar-refractivity contribution < 1.29 is 10.2 Å². The van der Waals surface area contributed by atoms with E-state index in [4.69, 9.17) is 5.73 Å². The Morgan fingerprint density at radius 2 is 1.54 bits per heavy atom. The second-order valence-corrected chi connectivity index (χ2v) is 8.19. The van der Waals surface area contributed by atoms with Crippen LogP contribution in [0.25, 0.3) is 0 Å². The van der Waals surface area contributed by atoms with Gasteiger partial charge in [0.15, 0.2) is 0 Å². The molecule has 0 aromatic carbocycles. The number of rotatable bonds is 7. The van der Waals surface area contributed by atoms with Gasteiger partial charge < -0.3 is 26.6 Å². The Kier molecular flexibility index (Phi) is 6.74. The number of anilines is 3. The van der Waals surface area contributed by atoms with Gasteiger partial charge in [0.1, 0.15) is 6.23 Å². The quantitative estimate of drug-likeness (QED) is 0.476. The van der Waals surface area contributed by atoms with Gasteiger partial charge in [-0.2, -0.15) is 15.0 Å². The van der Waals surface area contributed by atoms with E-state index in [0.29, 0.717) is 25.2 Å². The summed E-state index contributed by atoms with van der Waals surface area (Å²) in [5.74, 6) is 0.653. The van der Waals surface area contributed by atoms with E-state index in [2.05, 4.69) is 25.6 Å².